The molecule has 4 nitrogen and oxygen atoms in total. The molecule has 5 heteroatoms. The third-order valence-electron chi connectivity index (χ3n) is 1.65. The molecule has 1 rings (SSSR count). The van der Waals surface area contributed by atoms with Crippen LogP contribution in [0.5, 0.6) is 0 Å². The summed E-state index contributed by atoms with van der Waals surface area (Å²) in [6.07, 6.45) is 2.14. The summed E-state index contributed by atoms with van der Waals surface area (Å²) in [5.41, 5.74) is 0.420. The maximum absolute atomic E-state index is 10.6. The summed E-state index contributed by atoms with van der Waals surface area (Å²) in [5.74, 6) is -2.21. The van der Waals surface area contributed by atoms with E-state index >= 15 is 0 Å². The summed E-state index contributed by atoms with van der Waals surface area (Å²) in [4.78, 5) is 20.9. The standard InChI is InChI=1S/C10H7ClO4/c11-8-3-1-7(10(14)15)5-6(8)2-4-9(12)13/h1-5H,(H,12,13)(H,14,15). The SMILES string of the molecule is O=C(O)C=Cc1cc(C(=O)O)ccc1Cl. The topological polar surface area (TPSA) is 74.6 Å². The van der Waals surface area contributed by atoms with Crippen molar-refractivity contribution < 1.29 is 19.8 Å². The van der Waals surface area contributed by atoms with Crippen LogP contribution < -0.4 is 0 Å². The molecule has 0 aliphatic rings. The lowest BCUT2D eigenvalue weighted by atomic mass is 10.1. The van der Waals surface area contributed by atoms with Crippen LogP contribution in [0.1, 0.15) is 15.9 Å². The number of rotatable bonds is 3. The van der Waals surface area contributed by atoms with Crippen LogP contribution in [0, 0.1) is 0 Å². The largest absolute Gasteiger partial charge is 0.478 e. The van der Waals surface area contributed by atoms with Crippen LogP contribution >= 0.6 is 11.6 Å². The molecule has 0 aliphatic heterocycles. The number of carboxylic acids is 2. The van der Waals surface area contributed by atoms with Crippen LogP contribution in [0.25, 0.3) is 6.08 Å². The Hall–Kier alpha value is -1.81. The fourth-order valence-corrected chi connectivity index (χ4v) is 1.15. The average molecular weight is 227 g/mol. The minimum absolute atomic E-state index is 0.0597. The third-order valence-corrected chi connectivity index (χ3v) is 1.99. The van der Waals surface area contributed by atoms with Gasteiger partial charge < -0.3 is 10.2 Å². The van der Waals surface area contributed by atoms with E-state index in [2.05, 4.69) is 0 Å². The maximum Gasteiger partial charge on any atom is 0.335 e. The van der Waals surface area contributed by atoms with Crippen LogP contribution in [-0.4, -0.2) is 22.2 Å². The van der Waals surface area contributed by atoms with Crippen molar-refractivity contribution in [3.8, 4) is 0 Å². The molecule has 1 aromatic carbocycles. The fourth-order valence-electron chi connectivity index (χ4n) is 0.966. The van der Waals surface area contributed by atoms with E-state index in [0.717, 1.165) is 6.08 Å². The highest BCUT2D eigenvalue weighted by molar-refractivity contribution is 6.32. The number of carbonyl (C=O) groups is 2. The maximum atomic E-state index is 10.6. The first kappa shape index (κ1) is 11.3. The molecule has 15 heavy (non-hydrogen) atoms. The van der Waals surface area contributed by atoms with Crippen LogP contribution in [0.3, 0.4) is 0 Å². The molecule has 0 amide bonds. The molecule has 0 aliphatic carbocycles. The molecule has 78 valence electrons. The lowest BCUT2D eigenvalue weighted by molar-refractivity contribution is -0.131. The number of hydrogen-bond acceptors (Lipinski definition) is 2. The van der Waals surface area contributed by atoms with Gasteiger partial charge in [0.05, 0.1) is 5.56 Å². The van der Waals surface area contributed by atoms with Crippen LogP contribution in [0.15, 0.2) is 24.3 Å². The normalized spacial score (nSPS) is 10.5. The molecule has 0 aromatic heterocycles. The summed E-state index contributed by atoms with van der Waals surface area (Å²) < 4.78 is 0. The summed E-state index contributed by atoms with van der Waals surface area (Å²) in [7, 11) is 0. The molecule has 0 unspecified atom stereocenters. The van der Waals surface area contributed by atoms with E-state index in [1.165, 1.54) is 24.3 Å². The molecule has 2 N–H and O–H groups in total. The van der Waals surface area contributed by atoms with E-state index in [-0.39, 0.29) is 5.56 Å². The van der Waals surface area contributed by atoms with Crippen molar-refractivity contribution in [2.45, 2.75) is 0 Å². The molecule has 0 spiro atoms. The Morgan fingerprint density at radius 3 is 2.47 bits per heavy atom. The first-order chi connectivity index (χ1) is 7.00. The molecule has 0 saturated carbocycles. The molecule has 0 saturated heterocycles. The number of halogens is 1. The summed E-state index contributed by atoms with van der Waals surface area (Å²) in [6.45, 7) is 0. The van der Waals surface area contributed by atoms with Gasteiger partial charge in [0.15, 0.2) is 0 Å². The minimum atomic E-state index is -1.12. The van der Waals surface area contributed by atoms with Crippen molar-refractivity contribution in [3.63, 3.8) is 0 Å². The minimum Gasteiger partial charge on any atom is -0.478 e. The van der Waals surface area contributed by atoms with Gasteiger partial charge >= 0.3 is 11.9 Å². The molecule has 0 fully saturated rings. The van der Waals surface area contributed by atoms with E-state index in [0.29, 0.717) is 10.6 Å². The monoisotopic (exact) mass is 226 g/mol. The van der Waals surface area contributed by atoms with Gasteiger partial charge in [-0.2, -0.15) is 0 Å². The van der Waals surface area contributed by atoms with Crippen molar-refractivity contribution >= 4 is 29.6 Å². The fraction of sp³-hybridized carbons (Fsp3) is 0. The highest BCUT2D eigenvalue weighted by Crippen LogP contribution is 2.19. The Kier molecular flexibility index (Phi) is 3.46. The first-order valence-corrected chi connectivity index (χ1v) is 4.32. The second-order valence-electron chi connectivity index (χ2n) is 2.71. The zero-order valence-electron chi connectivity index (χ0n) is 7.48. The highest BCUT2D eigenvalue weighted by Gasteiger charge is 2.05. The van der Waals surface area contributed by atoms with Crippen molar-refractivity contribution in [1.29, 1.82) is 0 Å². The molecule has 0 heterocycles. The van der Waals surface area contributed by atoms with Crippen LogP contribution in [0.2, 0.25) is 5.02 Å². The predicted molar refractivity (Wildman–Crippen MR) is 55.1 cm³/mol. The van der Waals surface area contributed by atoms with Crippen molar-refractivity contribution in [2.75, 3.05) is 0 Å². The quantitative estimate of drug-likeness (QED) is 0.775. The van der Waals surface area contributed by atoms with Crippen molar-refractivity contribution in [2.24, 2.45) is 0 Å². The van der Waals surface area contributed by atoms with E-state index in [1.54, 1.807) is 0 Å². The molecule has 0 atom stereocenters. The number of benzene rings is 1. The Bertz CT molecular complexity index is 437. The number of aliphatic carboxylic acids is 1. The molecular weight excluding hydrogens is 220 g/mol. The average Bonchev–Trinajstić information content (AvgIpc) is 2.16. The van der Waals surface area contributed by atoms with Gasteiger partial charge in [0, 0.05) is 11.1 Å². The van der Waals surface area contributed by atoms with Crippen molar-refractivity contribution in [3.05, 3.63) is 40.4 Å². The van der Waals surface area contributed by atoms with E-state index in [1.807, 2.05) is 0 Å². The van der Waals surface area contributed by atoms with Crippen LogP contribution in [0.4, 0.5) is 0 Å². The van der Waals surface area contributed by atoms with Gasteiger partial charge in [0.2, 0.25) is 0 Å². The number of hydrogen-bond donors (Lipinski definition) is 2. The zero-order chi connectivity index (χ0) is 11.4. The lowest BCUT2D eigenvalue weighted by Gasteiger charge is -1.99. The first-order valence-electron chi connectivity index (χ1n) is 3.94. The Balaban J connectivity index is 3.11. The van der Waals surface area contributed by atoms with Crippen molar-refractivity contribution in [1.82, 2.24) is 0 Å². The van der Waals surface area contributed by atoms with E-state index in [4.69, 9.17) is 21.8 Å². The van der Waals surface area contributed by atoms with Gasteiger partial charge in [-0.25, -0.2) is 9.59 Å². The number of aromatic carboxylic acids is 1. The smallest absolute Gasteiger partial charge is 0.335 e. The molecule has 1 aromatic rings. The number of carboxylic acid groups (broad SMARTS) is 2. The third kappa shape index (κ3) is 3.11. The summed E-state index contributed by atoms with van der Waals surface area (Å²) in [5, 5.41) is 17.4. The van der Waals surface area contributed by atoms with Gasteiger partial charge in [-0.3, -0.25) is 0 Å². The summed E-state index contributed by atoms with van der Waals surface area (Å²) in [6, 6.07) is 4.07. The Morgan fingerprint density at radius 2 is 1.93 bits per heavy atom. The zero-order valence-corrected chi connectivity index (χ0v) is 8.23. The molecule has 0 radical (unpaired) electrons. The van der Waals surface area contributed by atoms with Gasteiger partial charge in [-0.15, -0.1) is 0 Å². The van der Waals surface area contributed by atoms with Gasteiger partial charge in [0.1, 0.15) is 0 Å². The van der Waals surface area contributed by atoms with Gasteiger partial charge in [0.25, 0.3) is 0 Å². The van der Waals surface area contributed by atoms with E-state index < -0.39 is 11.9 Å². The highest BCUT2D eigenvalue weighted by atomic mass is 35.5. The van der Waals surface area contributed by atoms with Gasteiger partial charge in [-0.1, -0.05) is 11.6 Å². The Labute approximate surface area is 90.4 Å². The lowest BCUT2D eigenvalue weighted by Crippen LogP contribution is -1.96. The molecule has 0 bridgehead atoms. The van der Waals surface area contributed by atoms with E-state index in [9.17, 15) is 9.59 Å². The van der Waals surface area contributed by atoms with Gasteiger partial charge in [-0.05, 0) is 29.8 Å². The second-order valence-corrected chi connectivity index (χ2v) is 3.12. The van der Waals surface area contributed by atoms with Crippen LogP contribution in [-0.2, 0) is 4.79 Å². The summed E-state index contributed by atoms with van der Waals surface area (Å²) >= 11 is 5.75. The second kappa shape index (κ2) is 4.61. The Morgan fingerprint density at radius 1 is 1.27 bits per heavy atom. The molecular formula is C10H7ClO4. The predicted octanol–water partition coefficient (Wildman–Crippen LogP) is 2.14.